The van der Waals surface area contributed by atoms with Crippen molar-refractivity contribution in [2.45, 2.75) is 32.5 Å². The van der Waals surface area contributed by atoms with Gasteiger partial charge in [0, 0.05) is 42.8 Å². The van der Waals surface area contributed by atoms with Gasteiger partial charge in [-0.15, -0.1) is 0 Å². The van der Waals surface area contributed by atoms with Crippen molar-refractivity contribution in [2.24, 2.45) is 0 Å². The predicted octanol–water partition coefficient (Wildman–Crippen LogP) is 4.70. The van der Waals surface area contributed by atoms with E-state index in [2.05, 4.69) is 11.8 Å². The van der Waals surface area contributed by atoms with Crippen molar-refractivity contribution >= 4 is 11.7 Å². The number of piperazine rings is 1. The highest BCUT2D eigenvalue weighted by molar-refractivity contribution is 6.09. The van der Waals surface area contributed by atoms with Crippen LogP contribution in [0.2, 0.25) is 0 Å². The minimum absolute atomic E-state index is 0.0125. The Morgan fingerprint density at radius 3 is 1.94 bits per heavy atom. The van der Waals surface area contributed by atoms with E-state index in [0.717, 1.165) is 5.56 Å². The Morgan fingerprint density at radius 2 is 1.34 bits per heavy atom. The summed E-state index contributed by atoms with van der Waals surface area (Å²) in [5.74, 6) is -0.469. The molecule has 182 valence electrons. The summed E-state index contributed by atoms with van der Waals surface area (Å²) in [6, 6.07) is 18.6. The normalized spacial score (nSPS) is 18.3. The van der Waals surface area contributed by atoms with Crippen LogP contribution in [0.1, 0.15) is 35.3 Å². The van der Waals surface area contributed by atoms with Gasteiger partial charge < -0.3 is 9.64 Å². The summed E-state index contributed by atoms with van der Waals surface area (Å²) in [7, 11) is 0. The summed E-state index contributed by atoms with van der Waals surface area (Å²) in [4.78, 5) is 29.5. The van der Waals surface area contributed by atoms with Crippen molar-refractivity contribution in [3.63, 3.8) is 0 Å². The second-order valence-corrected chi connectivity index (χ2v) is 8.95. The molecule has 0 aromatic heterocycles. The number of amides is 1. The van der Waals surface area contributed by atoms with Crippen LogP contribution in [0.3, 0.4) is 0 Å². The van der Waals surface area contributed by atoms with Gasteiger partial charge in [-0.2, -0.15) is 0 Å². The third-order valence-corrected chi connectivity index (χ3v) is 6.32. The Hall–Kier alpha value is -3.58. The number of rotatable bonds is 7. The Labute approximate surface area is 203 Å². The van der Waals surface area contributed by atoms with Crippen molar-refractivity contribution in [1.29, 1.82) is 0 Å². The fraction of sp³-hybridized carbons (Fsp3) is 0.286. The number of carbonyl (C=O) groups is 2. The van der Waals surface area contributed by atoms with Gasteiger partial charge in [0.25, 0.3) is 5.91 Å². The third-order valence-electron chi connectivity index (χ3n) is 6.32. The van der Waals surface area contributed by atoms with Crippen molar-refractivity contribution < 1.29 is 23.1 Å². The highest BCUT2D eigenvalue weighted by Crippen LogP contribution is 2.20. The smallest absolute Gasteiger partial charge is 0.260 e. The van der Waals surface area contributed by atoms with E-state index in [-0.39, 0.29) is 36.2 Å². The largest absolute Gasteiger partial charge is 0.484 e. The molecular formula is C28H28F2N2O3. The number of hydrogen-bond donors (Lipinski definition) is 0. The number of ketones is 1. The molecular weight excluding hydrogens is 450 g/mol. The quantitative estimate of drug-likeness (QED) is 0.462. The molecule has 0 aliphatic carbocycles. The first kappa shape index (κ1) is 24.5. The molecule has 35 heavy (non-hydrogen) atoms. The molecule has 2 unspecified atom stereocenters. The molecule has 1 aliphatic heterocycles. The van der Waals surface area contributed by atoms with Gasteiger partial charge in [0.05, 0.1) is 0 Å². The van der Waals surface area contributed by atoms with Crippen LogP contribution in [0.15, 0.2) is 72.8 Å². The Morgan fingerprint density at radius 1 is 0.800 bits per heavy atom. The van der Waals surface area contributed by atoms with Crippen molar-refractivity contribution in [3.8, 4) is 5.75 Å². The Bertz CT molecular complexity index is 1160. The van der Waals surface area contributed by atoms with Gasteiger partial charge >= 0.3 is 0 Å². The zero-order valence-electron chi connectivity index (χ0n) is 19.8. The van der Waals surface area contributed by atoms with E-state index in [4.69, 9.17) is 4.74 Å². The average molecular weight is 479 g/mol. The summed E-state index contributed by atoms with van der Waals surface area (Å²) in [6.07, 6.45) is 0. The lowest BCUT2D eigenvalue weighted by Crippen LogP contribution is -2.58. The van der Waals surface area contributed by atoms with Crippen LogP contribution in [0.4, 0.5) is 8.78 Å². The molecule has 0 bridgehead atoms. The van der Waals surface area contributed by atoms with E-state index in [1.165, 1.54) is 36.4 Å². The topological polar surface area (TPSA) is 49.9 Å². The van der Waals surface area contributed by atoms with Gasteiger partial charge in [0.2, 0.25) is 0 Å². The van der Waals surface area contributed by atoms with Crippen LogP contribution in [-0.4, -0.2) is 53.3 Å². The summed E-state index contributed by atoms with van der Waals surface area (Å²) in [5.41, 5.74) is 1.89. The molecule has 3 aromatic carbocycles. The van der Waals surface area contributed by atoms with Gasteiger partial charge in [-0.25, -0.2) is 8.78 Å². The van der Waals surface area contributed by atoms with E-state index in [1.807, 2.05) is 11.8 Å². The van der Waals surface area contributed by atoms with Gasteiger partial charge in [-0.3, -0.25) is 14.5 Å². The van der Waals surface area contributed by atoms with E-state index in [1.54, 1.807) is 36.4 Å². The van der Waals surface area contributed by atoms with Gasteiger partial charge in [0.15, 0.2) is 12.4 Å². The third kappa shape index (κ3) is 6.11. The molecule has 3 aromatic rings. The highest BCUT2D eigenvalue weighted by atomic mass is 19.1. The molecule has 1 heterocycles. The van der Waals surface area contributed by atoms with E-state index in [9.17, 15) is 18.4 Å². The lowest BCUT2D eigenvalue weighted by Gasteiger charge is -2.44. The molecule has 0 N–H and O–H groups in total. The molecule has 0 radical (unpaired) electrons. The lowest BCUT2D eigenvalue weighted by molar-refractivity contribution is -0.139. The summed E-state index contributed by atoms with van der Waals surface area (Å²) < 4.78 is 32.0. The number of nitrogens with zero attached hydrogens (tertiary/aromatic N) is 2. The number of ether oxygens (including phenoxy) is 1. The SMILES string of the molecule is CC1CN(C(=O)COc2ccc(C(=O)c3ccc(F)cc3)cc2)C(C)CN1Cc1ccc(F)cc1. The zero-order valence-corrected chi connectivity index (χ0v) is 19.8. The fourth-order valence-electron chi connectivity index (χ4n) is 4.29. The first-order chi connectivity index (χ1) is 16.8. The summed E-state index contributed by atoms with van der Waals surface area (Å²) >= 11 is 0. The van der Waals surface area contributed by atoms with Crippen LogP contribution in [-0.2, 0) is 11.3 Å². The van der Waals surface area contributed by atoms with Crippen molar-refractivity contribution in [2.75, 3.05) is 19.7 Å². The fourth-order valence-corrected chi connectivity index (χ4v) is 4.29. The Kier molecular flexibility index (Phi) is 7.56. The van der Waals surface area contributed by atoms with Crippen LogP contribution in [0.25, 0.3) is 0 Å². The van der Waals surface area contributed by atoms with Crippen LogP contribution < -0.4 is 4.74 Å². The molecule has 1 aliphatic rings. The molecule has 1 fully saturated rings. The van der Waals surface area contributed by atoms with Gasteiger partial charge in [0.1, 0.15) is 17.4 Å². The molecule has 1 saturated heterocycles. The maximum Gasteiger partial charge on any atom is 0.260 e. The highest BCUT2D eigenvalue weighted by Gasteiger charge is 2.32. The van der Waals surface area contributed by atoms with Gasteiger partial charge in [-0.1, -0.05) is 12.1 Å². The zero-order chi connectivity index (χ0) is 24.9. The molecule has 5 nitrogen and oxygen atoms in total. The number of benzene rings is 3. The average Bonchev–Trinajstić information content (AvgIpc) is 2.86. The number of halogens is 2. The van der Waals surface area contributed by atoms with E-state index in [0.29, 0.717) is 36.5 Å². The second-order valence-electron chi connectivity index (χ2n) is 8.95. The standard InChI is InChI=1S/C28H28F2N2O3/c1-19-16-32(20(2)15-31(19)17-21-3-9-24(29)10-4-21)27(33)18-35-26-13-7-23(8-14-26)28(34)22-5-11-25(30)12-6-22/h3-14,19-20H,15-18H2,1-2H3. The molecule has 4 rings (SSSR count). The molecule has 0 spiro atoms. The molecule has 0 saturated carbocycles. The number of carbonyl (C=O) groups excluding carboxylic acids is 2. The predicted molar refractivity (Wildman–Crippen MR) is 129 cm³/mol. The van der Waals surface area contributed by atoms with E-state index >= 15 is 0 Å². The monoisotopic (exact) mass is 478 g/mol. The maximum absolute atomic E-state index is 13.2. The molecule has 1 amide bonds. The minimum atomic E-state index is -0.395. The number of hydrogen-bond acceptors (Lipinski definition) is 4. The van der Waals surface area contributed by atoms with Gasteiger partial charge in [-0.05, 0) is 80.1 Å². The first-order valence-electron chi connectivity index (χ1n) is 11.6. The van der Waals surface area contributed by atoms with Crippen LogP contribution in [0.5, 0.6) is 5.75 Å². The molecule has 7 heteroatoms. The van der Waals surface area contributed by atoms with Crippen molar-refractivity contribution in [1.82, 2.24) is 9.80 Å². The van der Waals surface area contributed by atoms with Crippen molar-refractivity contribution in [3.05, 3.63) is 101 Å². The Balaban J connectivity index is 1.30. The first-order valence-corrected chi connectivity index (χ1v) is 11.6. The maximum atomic E-state index is 13.2. The van der Waals surface area contributed by atoms with Crippen LogP contribution >= 0.6 is 0 Å². The van der Waals surface area contributed by atoms with E-state index < -0.39 is 5.82 Å². The second kappa shape index (κ2) is 10.8. The summed E-state index contributed by atoms with van der Waals surface area (Å²) in [6.45, 7) is 5.98. The molecule has 2 atom stereocenters. The minimum Gasteiger partial charge on any atom is -0.484 e. The van der Waals surface area contributed by atoms with Crippen LogP contribution in [0, 0.1) is 11.6 Å². The lowest BCUT2D eigenvalue weighted by atomic mass is 10.0. The summed E-state index contributed by atoms with van der Waals surface area (Å²) in [5, 5.41) is 0.